The van der Waals surface area contributed by atoms with Crippen LogP contribution in [-0.4, -0.2) is 19.8 Å². The lowest BCUT2D eigenvalue weighted by molar-refractivity contribution is -0.275. The molecule has 0 unspecified atom stereocenters. The summed E-state index contributed by atoms with van der Waals surface area (Å²) in [7, 11) is -4.42. The SMILES string of the molecule is NS(=O)(=O)c1c(Br)ncc(Br)c1OC(F)(F)F. The molecule has 2 N–H and O–H groups in total. The van der Waals surface area contributed by atoms with Crippen molar-refractivity contribution in [3.05, 3.63) is 15.3 Å². The predicted octanol–water partition coefficient (Wildman–Crippen LogP) is 2.15. The second-order valence-electron chi connectivity index (χ2n) is 2.65. The highest BCUT2D eigenvalue weighted by molar-refractivity contribution is 9.11. The Bertz CT molecular complexity index is 546. The van der Waals surface area contributed by atoms with Crippen molar-refractivity contribution in [3.8, 4) is 5.75 Å². The molecule has 0 aliphatic carbocycles. The molecule has 0 amide bonds. The summed E-state index contributed by atoms with van der Waals surface area (Å²) in [5, 5.41) is 4.78. The number of aromatic nitrogens is 1. The van der Waals surface area contributed by atoms with Crippen LogP contribution in [0.5, 0.6) is 5.75 Å². The molecule has 96 valence electrons. The summed E-state index contributed by atoms with van der Waals surface area (Å²) in [6, 6.07) is 0. The van der Waals surface area contributed by atoms with E-state index in [0.29, 0.717) is 0 Å². The summed E-state index contributed by atoms with van der Waals surface area (Å²) in [4.78, 5) is 2.61. The molecular formula is C6H3Br2F3N2O3S. The zero-order valence-electron chi connectivity index (χ0n) is 7.62. The number of hydrogen-bond acceptors (Lipinski definition) is 4. The van der Waals surface area contributed by atoms with Gasteiger partial charge in [-0.25, -0.2) is 18.5 Å². The Kier molecular flexibility index (Phi) is 4.06. The van der Waals surface area contributed by atoms with Crippen molar-refractivity contribution in [2.24, 2.45) is 5.14 Å². The maximum absolute atomic E-state index is 12.1. The van der Waals surface area contributed by atoms with E-state index in [1.807, 2.05) is 0 Å². The highest BCUT2D eigenvalue weighted by atomic mass is 79.9. The van der Waals surface area contributed by atoms with Gasteiger partial charge in [0.05, 0.1) is 4.47 Å². The number of sulfonamides is 1. The molecule has 0 aliphatic heterocycles. The molecule has 1 rings (SSSR count). The molecule has 0 fully saturated rings. The number of rotatable bonds is 2. The van der Waals surface area contributed by atoms with E-state index < -0.39 is 27.0 Å². The van der Waals surface area contributed by atoms with E-state index in [1.165, 1.54) is 0 Å². The number of primary sulfonamides is 1. The van der Waals surface area contributed by atoms with E-state index in [2.05, 4.69) is 41.6 Å². The fourth-order valence-corrected chi connectivity index (χ4v) is 3.06. The van der Waals surface area contributed by atoms with Gasteiger partial charge in [-0.2, -0.15) is 0 Å². The van der Waals surface area contributed by atoms with Gasteiger partial charge in [0.15, 0.2) is 10.6 Å². The minimum Gasteiger partial charge on any atom is -0.403 e. The fourth-order valence-electron chi connectivity index (χ4n) is 0.890. The van der Waals surface area contributed by atoms with Crippen LogP contribution in [0.3, 0.4) is 0 Å². The maximum Gasteiger partial charge on any atom is 0.573 e. The minimum atomic E-state index is -5.05. The van der Waals surface area contributed by atoms with Crippen LogP contribution in [0.1, 0.15) is 0 Å². The van der Waals surface area contributed by atoms with Crippen molar-refractivity contribution in [1.82, 2.24) is 4.98 Å². The van der Waals surface area contributed by atoms with E-state index in [1.54, 1.807) is 0 Å². The van der Waals surface area contributed by atoms with Crippen LogP contribution in [-0.2, 0) is 10.0 Å². The maximum atomic E-state index is 12.1. The lowest BCUT2D eigenvalue weighted by Gasteiger charge is -2.14. The van der Waals surface area contributed by atoms with E-state index >= 15 is 0 Å². The molecule has 0 radical (unpaired) electrons. The Labute approximate surface area is 110 Å². The van der Waals surface area contributed by atoms with Gasteiger partial charge >= 0.3 is 6.36 Å². The van der Waals surface area contributed by atoms with Crippen molar-refractivity contribution in [2.75, 3.05) is 0 Å². The number of hydrogen-bond donors (Lipinski definition) is 1. The average molecular weight is 400 g/mol. The lowest BCUT2D eigenvalue weighted by atomic mass is 10.4. The molecular weight excluding hydrogens is 397 g/mol. The van der Waals surface area contributed by atoms with Gasteiger partial charge in [0, 0.05) is 6.20 Å². The molecule has 1 aromatic heterocycles. The van der Waals surface area contributed by atoms with Gasteiger partial charge in [-0.1, -0.05) is 0 Å². The third-order valence-corrected chi connectivity index (χ3v) is 3.78. The molecule has 11 heteroatoms. The van der Waals surface area contributed by atoms with Crippen molar-refractivity contribution < 1.29 is 26.3 Å². The third-order valence-electron chi connectivity index (χ3n) is 1.40. The molecule has 0 aliphatic rings. The molecule has 0 spiro atoms. The first-order valence-electron chi connectivity index (χ1n) is 3.65. The number of nitrogens with zero attached hydrogens (tertiary/aromatic N) is 1. The van der Waals surface area contributed by atoms with Crippen LogP contribution in [0.2, 0.25) is 0 Å². The van der Waals surface area contributed by atoms with Crippen molar-refractivity contribution >= 4 is 41.9 Å². The quantitative estimate of drug-likeness (QED) is 0.772. The Morgan fingerprint density at radius 1 is 1.35 bits per heavy atom. The number of halogens is 5. The normalized spacial score (nSPS) is 12.6. The first-order valence-corrected chi connectivity index (χ1v) is 6.78. The number of alkyl halides is 3. The first kappa shape index (κ1) is 14.7. The fraction of sp³-hybridized carbons (Fsp3) is 0.167. The molecule has 17 heavy (non-hydrogen) atoms. The second kappa shape index (κ2) is 4.71. The molecule has 1 aromatic rings. The molecule has 0 saturated carbocycles. The van der Waals surface area contributed by atoms with E-state index in [4.69, 9.17) is 5.14 Å². The predicted molar refractivity (Wildman–Crippen MR) is 57.7 cm³/mol. The van der Waals surface area contributed by atoms with Gasteiger partial charge in [-0.05, 0) is 31.9 Å². The van der Waals surface area contributed by atoms with Gasteiger partial charge in [0.1, 0.15) is 4.60 Å². The van der Waals surface area contributed by atoms with Gasteiger partial charge in [0.25, 0.3) is 0 Å². The smallest absolute Gasteiger partial charge is 0.403 e. The Balaban J connectivity index is 3.52. The van der Waals surface area contributed by atoms with Crippen LogP contribution in [0.15, 0.2) is 20.2 Å². The standard InChI is InChI=1S/C6H3Br2F3N2O3S/c7-2-1-13-5(8)4(17(12,14)15)3(2)16-6(9,10)11/h1H,(H2,12,14,15). The molecule has 0 aromatic carbocycles. The first-order chi connectivity index (χ1) is 7.52. The lowest BCUT2D eigenvalue weighted by Crippen LogP contribution is -2.22. The summed E-state index contributed by atoms with van der Waals surface area (Å²) < 4.78 is 61.6. The summed E-state index contributed by atoms with van der Waals surface area (Å²) in [5.41, 5.74) is 0. The number of pyridine rings is 1. The van der Waals surface area contributed by atoms with Gasteiger partial charge < -0.3 is 4.74 Å². The van der Waals surface area contributed by atoms with Gasteiger partial charge in [0.2, 0.25) is 10.0 Å². The number of nitrogens with two attached hydrogens (primary N) is 1. The van der Waals surface area contributed by atoms with E-state index in [9.17, 15) is 21.6 Å². The highest BCUT2D eigenvalue weighted by Crippen LogP contribution is 2.38. The Morgan fingerprint density at radius 2 is 1.88 bits per heavy atom. The Morgan fingerprint density at radius 3 is 2.29 bits per heavy atom. The minimum absolute atomic E-state index is 0.290. The van der Waals surface area contributed by atoms with Crippen LogP contribution >= 0.6 is 31.9 Å². The summed E-state index contributed by atoms with van der Waals surface area (Å²) in [6.07, 6.45) is -4.11. The largest absolute Gasteiger partial charge is 0.573 e. The molecule has 0 bridgehead atoms. The van der Waals surface area contributed by atoms with Gasteiger partial charge in [-0.15, -0.1) is 13.2 Å². The Hall–Kier alpha value is -0.390. The van der Waals surface area contributed by atoms with Crippen LogP contribution in [0.4, 0.5) is 13.2 Å². The molecule has 5 nitrogen and oxygen atoms in total. The average Bonchev–Trinajstić information content (AvgIpc) is 2.06. The molecule has 0 saturated heterocycles. The van der Waals surface area contributed by atoms with Crippen LogP contribution < -0.4 is 9.88 Å². The summed E-state index contributed by atoms with van der Waals surface area (Å²) >= 11 is 5.38. The molecule has 0 atom stereocenters. The zero-order chi connectivity index (χ0) is 13.4. The van der Waals surface area contributed by atoms with E-state index in [0.717, 1.165) is 6.20 Å². The topological polar surface area (TPSA) is 82.3 Å². The van der Waals surface area contributed by atoms with Crippen LogP contribution in [0.25, 0.3) is 0 Å². The van der Waals surface area contributed by atoms with Crippen molar-refractivity contribution in [2.45, 2.75) is 11.3 Å². The van der Waals surface area contributed by atoms with Crippen molar-refractivity contribution in [1.29, 1.82) is 0 Å². The van der Waals surface area contributed by atoms with E-state index in [-0.39, 0.29) is 9.08 Å². The third kappa shape index (κ3) is 3.79. The highest BCUT2D eigenvalue weighted by Gasteiger charge is 2.36. The van der Waals surface area contributed by atoms with Crippen LogP contribution in [0, 0.1) is 0 Å². The monoisotopic (exact) mass is 398 g/mol. The van der Waals surface area contributed by atoms with Gasteiger partial charge in [-0.3, -0.25) is 0 Å². The molecule has 1 heterocycles. The van der Waals surface area contributed by atoms with Crippen molar-refractivity contribution in [3.63, 3.8) is 0 Å². The summed E-state index contributed by atoms with van der Waals surface area (Å²) in [5.74, 6) is -0.970. The second-order valence-corrected chi connectivity index (χ2v) is 5.75. The zero-order valence-corrected chi connectivity index (χ0v) is 11.6. The number of ether oxygens (including phenoxy) is 1. The summed E-state index contributed by atoms with van der Waals surface area (Å²) in [6.45, 7) is 0.